The zero-order valence-electron chi connectivity index (χ0n) is 17.3. The number of thiophene rings is 1. The molecule has 1 N–H and O–H groups in total. The molecule has 5 nitrogen and oxygen atoms in total. The van der Waals surface area contributed by atoms with Crippen molar-refractivity contribution in [3.63, 3.8) is 0 Å². The number of carbonyl (C=O) groups excluding carboxylic acids is 1. The molecule has 2 aromatic heterocycles. The third-order valence-corrected chi connectivity index (χ3v) is 7.38. The number of hydrogen-bond donors (Lipinski definition) is 1. The summed E-state index contributed by atoms with van der Waals surface area (Å²) < 4.78 is 1.82. The lowest BCUT2D eigenvalue weighted by Crippen LogP contribution is -2.36. The Hall–Kier alpha value is -1.34. The zero-order valence-corrected chi connectivity index (χ0v) is 19.0. The van der Waals surface area contributed by atoms with Gasteiger partial charge in [0.1, 0.15) is 4.83 Å². The van der Waals surface area contributed by atoms with Gasteiger partial charge in [-0.1, -0.05) is 31.5 Å². The second-order valence-corrected chi connectivity index (χ2v) is 10.3. The molecule has 0 spiro atoms. The minimum absolute atomic E-state index is 0.0140. The summed E-state index contributed by atoms with van der Waals surface area (Å²) >= 11 is 3.07. The Morgan fingerprint density at radius 2 is 2.00 bits per heavy atom. The predicted octanol–water partition coefficient (Wildman–Crippen LogP) is 4.53. The number of thioether (sulfide) groups is 1. The molecule has 3 rings (SSSR count). The van der Waals surface area contributed by atoms with Gasteiger partial charge in [0.25, 0.3) is 5.56 Å². The van der Waals surface area contributed by atoms with Crippen LogP contribution in [0.4, 0.5) is 0 Å². The van der Waals surface area contributed by atoms with Crippen LogP contribution in [0.2, 0.25) is 0 Å². The highest BCUT2D eigenvalue weighted by atomic mass is 32.2. The van der Waals surface area contributed by atoms with E-state index in [-0.39, 0.29) is 22.8 Å². The number of unbranched alkanes of at least 4 members (excludes halogenated alkanes) is 2. The van der Waals surface area contributed by atoms with Crippen LogP contribution in [0.5, 0.6) is 0 Å². The van der Waals surface area contributed by atoms with E-state index >= 15 is 0 Å². The Morgan fingerprint density at radius 3 is 2.71 bits per heavy atom. The van der Waals surface area contributed by atoms with Crippen LogP contribution in [0, 0.1) is 0 Å². The number of aromatic nitrogens is 2. The zero-order chi connectivity index (χ0) is 20.3. The van der Waals surface area contributed by atoms with Gasteiger partial charge < -0.3 is 5.32 Å². The van der Waals surface area contributed by atoms with Gasteiger partial charge in [0.05, 0.1) is 10.6 Å². The maximum absolute atomic E-state index is 13.4. The average Bonchev–Trinajstić information content (AvgIpc) is 3.02. The maximum Gasteiger partial charge on any atom is 0.263 e. The standard InChI is InChI=1S/C21H31N3O2S2/c1-5-6-9-12-24-20(26)17-15-10-7-8-11-16(15)28-19(17)23-21(24)27-14(4)18(25)22-13(2)3/h13-14H,5-12H2,1-4H3,(H,22,25). The first-order valence-electron chi connectivity index (χ1n) is 10.4. The summed E-state index contributed by atoms with van der Waals surface area (Å²) in [5.41, 5.74) is 1.31. The van der Waals surface area contributed by atoms with Crippen LogP contribution >= 0.6 is 23.1 Å². The van der Waals surface area contributed by atoms with Crippen molar-refractivity contribution >= 4 is 39.2 Å². The molecule has 0 aromatic carbocycles. The Kier molecular flexibility index (Phi) is 7.20. The number of nitrogens with one attached hydrogen (secondary N) is 1. The SMILES string of the molecule is CCCCCn1c(SC(C)C(=O)NC(C)C)nc2sc3c(c2c1=O)CCCC3. The second kappa shape index (κ2) is 9.44. The number of rotatable bonds is 8. The maximum atomic E-state index is 13.4. The fourth-order valence-corrected chi connectivity index (χ4v) is 5.89. The van der Waals surface area contributed by atoms with E-state index in [0.29, 0.717) is 11.7 Å². The van der Waals surface area contributed by atoms with E-state index in [9.17, 15) is 9.59 Å². The first-order chi connectivity index (χ1) is 13.4. The van der Waals surface area contributed by atoms with Crippen molar-refractivity contribution in [1.82, 2.24) is 14.9 Å². The van der Waals surface area contributed by atoms with Gasteiger partial charge in [-0.15, -0.1) is 11.3 Å². The molecule has 154 valence electrons. The number of carbonyl (C=O) groups is 1. The second-order valence-electron chi connectivity index (χ2n) is 7.87. The first-order valence-corrected chi connectivity index (χ1v) is 12.1. The van der Waals surface area contributed by atoms with Crippen LogP contribution in [0.25, 0.3) is 10.2 Å². The summed E-state index contributed by atoms with van der Waals surface area (Å²) in [6.07, 6.45) is 7.53. The van der Waals surface area contributed by atoms with Crippen molar-refractivity contribution < 1.29 is 4.79 Å². The Bertz CT molecular complexity index is 901. The monoisotopic (exact) mass is 421 g/mol. The summed E-state index contributed by atoms with van der Waals surface area (Å²) in [6.45, 7) is 8.62. The molecule has 1 atom stereocenters. The lowest BCUT2D eigenvalue weighted by Gasteiger charge is -2.17. The van der Waals surface area contributed by atoms with Gasteiger partial charge in [0.15, 0.2) is 5.16 Å². The van der Waals surface area contributed by atoms with E-state index in [2.05, 4.69) is 12.2 Å². The molecule has 1 amide bonds. The van der Waals surface area contributed by atoms with E-state index in [4.69, 9.17) is 4.98 Å². The molecule has 0 radical (unpaired) electrons. The molecular weight excluding hydrogens is 390 g/mol. The number of nitrogens with zero attached hydrogens (tertiary/aromatic N) is 2. The smallest absolute Gasteiger partial charge is 0.263 e. The van der Waals surface area contributed by atoms with Gasteiger partial charge in [-0.2, -0.15) is 0 Å². The molecule has 2 aromatic rings. The highest BCUT2D eigenvalue weighted by Crippen LogP contribution is 2.35. The summed E-state index contributed by atoms with van der Waals surface area (Å²) in [6, 6.07) is 0.0988. The van der Waals surface area contributed by atoms with Crippen molar-refractivity contribution in [1.29, 1.82) is 0 Å². The fraction of sp³-hybridized carbons (Fsp3) is 0.667. The van der Waals surface area contributed by atoms with Crippen LogP contribution in [0.15, 0.2) is 9.95 Å². The average molecular weight is 422 g/mol. The van der Waals surface area contributed by atoms with E-state index in [1.54, 1.807) is 11.3 Å². The first kappa shape index (κ1) is 21.4. The van der Waals surface area contributed by atoms with Crippen LogP contribution in [0.3, 0.4) is 0 Å². The van der Waals surface area contributed by atoms with Gasteiger partial charge in [0, 0.05) is 17.5 Å². The van der Waals surface area contributed by atoms with Crippen molar-refractivity contribution in [3.8, 4) is 0 Å². The number of aryl methyl sites for hydroxylation is 2. The largest absolute Gasteiger partial charge is 0.353 e. The molecule has 0 aliphatic heterocycles. The highest BCUT2D eigenvalue weighted by molar-refractivity contribution is 8.00. The number of hydrogen-bond acceptors (Lipinski definition) is 5. The van der Waals surface area contributed by atoms with Gasteiger partial charge in [0.2, 0.25) is 5.91 Å². The molecule has 1 aliphatic carbocycles. The van der Waals surface area contributed by atoms with Gasteiger partial charge in [-0.25, -0.2) is 4.98 Å². The molecule has 0 fully saturated rings. The lowest BCUT2D eigenvalue weighted by molar-refractivity contribution is -0.120. The topological polar surface area (TPSA) is 64.0 Å². The molecule has 28 heavy (non-hydrogen) atoms. The Morgan fingerprint density at radius 1 is 1.25 bits per heavy atom. The number of fused-ring (bicyclic) bond motifs is 3. The summed E-state index contributed by atoms with van der Waals surface area (Å²) in [5.74, 6) is -0.0140. The van der Waals surface area contributed by atoms with Gasteiger partial charge >= 0.3 is 0 Å². The minimum Gasteiger partial charge on any atom is -0.353 e. The predicted molar refractivity (Wildman–Crippen MR) is 119 cm³/mol. The number of amides is 1. The van der Waals surface area contributed by atoms with Crippen LogP contribution in [0.1, 0.15) is 70.2 Å². The summed E-state index contributed by atoms with van der Waals surface area (Å²) in [4.78, 5) is 32.9. The summed E-state index contributed by atoms with van der Waals surface area (Å²) in [7, 11) is 0. The van der Waals surface area contributed by atoms with Crippen LogP contribution in [-0.2, 0) is 24.2 Å². The van der Waals surface area contributed by atoms with E-state index < -0.39 is 0 Å². The Labute approximate surface area is 175 Å². The molecule has 1 unspecified atom stereocenters. The molecule has 7 heteroatoms. The van der Waals surface area contributed by atoms with Crippen molar-refractivity contribution in [2.75, 3.05) is 0 Å². The molecule has 2 heterocycles. The molecule has 1 aliphatic rings. The minimum atomic E-state index is -0.293. The summed E-state index contributed by atoms with van der Waals surface area (Å²) in [5, 5.41) is 4.17. The van der Waals surface area contributed by atoms with E-state index in [1.165, 1.54) is 28.6 Å². The van der Waals surface area contributed by atoms with Crippen molar-refractivity contribution in [3.05, 3.63) is 20.8 Å². The highest BCUT2D eigenvalue weighted by Gasteiger charge is 2.24. The quantitative estimate of drug-likeness (QED) is 0.386. The van der Waals surface area contributed by atoms with Crippen LogP contribution < -0.4 is 10.9 Å². The Balaban J connectivity index is 2.00. The van der Waals surface area contributed by atoms with Crippen molar-refractivity contribution in [2.24, 2.45) is 0 Å². The fourth-order valence-electron chi connectivity index (χ4n) is 3.64. The van der Waals surface area contributed by atoms with Gasteiger partial charge in [-0.3, -0.25) is 14.2 Å². The van der Waals surface area contributed by atoms with E-state index in [0.717, 1.165) is 48.7 Å². The third-order valence-electron chi connectivity index (χ3n) is 5.11. The molecule has 0 saturated heterocycles. The molecular formula is C21H31N3O2S2. The van der Waals surface area contributed by atoms with Gasteiger partial charge in [-0.05, 0) is 58.4 Å². The van der Waals surface area contributed by atoms with Crippen molar-refractivity contribution in [2.45, 2.75) is 95.6 Å². The van der Waals surface area contributed by atoms with E-state index in [1.807, 2.05) is 25.3 Å². The van der Waals surface area contributed by atoms with Crippen LogP contribution in [-0.4, -0.2) is 26.8 Å². The molecule has 0 bridgehead atoms. The normalized spacial score (nSPS) is 15.0. The molecule has 0 saturated carbocycles. The third kappa shape index (κ3) is 4.62. The lowest BCUT2D eigenvalue weighted by atomic mass is 9.97.